The van der Waals surface area contributed by atoms with E-state index in [0.717, 1.165) is 16.7 Å². The molecule has 28 heavy (non-hydrogen) atoms. The smallest absolute Gasteiger partial charge is 0.306 e. The molecule has 3 N–H and O–H groups in total. The summed E-state index contributed by atoms with van der Waals surface area (Å²) in [5, 5.41) is 27.5. The Bertz CT molecular complexity index is 782. The maximum atomic E-state index is 11.6. The molecule has 2 rings (SSSR count). The van der Waals surface area contributed by atoms with Crippen LogP contribution in [0.2, 0.25) is 0 Å². The summed E-state index contributed by atoms with van der Waals surface area (Å²) in [6.07, 6.45) is 0.912. The number of aliphatic carboxylic acids is 1. The lowest BCUT2D eigenvalue weighted by Gasteiger charge is -2.31. The molecule has 0 aromatic heterocycles. The molecular weight excluding hydrogens is 360 g/mol. The Balaban J connectivity index is 2.09. The second-order valence-corrected chi connectivity index (χ2v) is 6.95. The molecular formula is C22H26O6. The molecule has 2 aromatic rings. The number of carbonyl (C=O) groups is 2. The standard InChI is InChI=1S/C22H26O6/c1-22(18-7-9-19(24)10-8-18,17-5-3-16(15-23)4-6-17)13-2-14-28-21(27)12-11-20(25)26/h3-10,23-24H,2,11-15H2,1H3,(H,25,26). The van der Waals surface area contributed by atoms with Crippen LogP contribution in [0.25, 0.3) is 0 Å². The van der Waals surface area contributed by atoms with Crippen LogP contribution in [0, 0.1) is 0 Å². The molecule has 150 valence electrons. The average Bonchev–Trinajstić information content (AvgIpc) is 2.70. The molecule has 1 atom stereocenters. The molecule has 6 heteroatoms. The predicted molar refractivity (Wildman–Crippen MR) is 104 cm³/mol. The van der Waals surface area contributed by atoms with Crippen LogP contribution in [0.3, 0.4) is 0 Å². The highest BCUT2D eigenvalue weighted by atomic mass is 16.5. The Hall–Kier alpha value is -2.86. The molecule has 0 bridgehead atoms. The number of hydrogen-bond acceptors (Lipinski definition) is 5. The number of aromatic hydroxyl groups is 1. The van der Waals surface area contributed by atoms with Crippen molar-refractivity contribution in [2.45, 2.75) is 44.6 Å². The van der Waals surface area contributed by atoms with E-state index in [9.17, 15) is 19.8 Å². The quantitative estimate of drug-likeness (QED) is 0.427. The van der Waals surface area contributed by atoms with Crippen molar-refractivity contribution >= 4 is 11.9 Å². The van der Waals surface area contributed by atoms with E-state index in [2.05, 4.69) is 6.92 Å². The lowest BCUT2D eigenvalue weighted by Crippen LogP contribution is -2.24. The van der Waals surface area contributed by atoms with E-state index in [1.807, 2.05) is 36.4 Å². The van der Waals surface area contributed by atoms with Crippen LogP contribution in [0.5, 0.6) is 5.75 Å². The van der Waals surface area contributed by atoms with Gasteiger partial charge in [-0.25, -0.2) is 0 Å². The highest BCUT2D eigenvalue weighted by Gasteiger charge is 2.28. The van der Waals surface area contributed by atoms with Crippen molar-refractivity contribution in [1.82, 2.24) is 0 Å². The maximum absolute atomic E-state index is 11.6. The first-order chi connectivity index (χ1) is 13.3. The van der Waals surface area contributed by atoms with Crippen LogP contribution in [-0.4, -0.2) is 33.9 Å². The minimum Gasteiger partial charge on any atom is -0.508 e. The predicted octanol–water partition coefficient (Wildman–Crippen LogP) is 3.38. The first-order valence-electron chi connectivity index (χ1n) is 9.22. The maximum Gasteiger partial charge on any atom is 0.306 e. The van der Waals surface area contributed by atoms with Gasteiger partial charge in [0, 0.05) is 5.41 Å². The van der Waals surface area contributed by atoms with Gasteiger partial charge in [-0.1, -0.05) is 43.3 Å². The van der Waals surface area contributed by atoms with Gasteiger partial charge in [-0.2, -0.15) is 0 Å². The molecule has 0 aliphatic rings. The second kappa shape index (κ2) is 9.90. The SMILES string of the molecule is CC(CCCOC(=O)CCC(=O)O)(c1ccc(O)cc1)c1ccc(CO)cc1. The molecule has 0 aliphatic carbocycles. The van der Waals surface area contributed by atoms with Gasteiger partial charge in [-0.15, -0.1) is 0 Å². The molecule has 0 spiro atoms. The first-order valence-corrected chi connectivity index (χ1v) is 9.22. The van der Waals surface area contributed by atoms with Crippen LogP contribution in [-0.2, 0) is 26.3 Å². The van der Waals surface area contributed by atoms with E-state index < -0.39 is 11.9 Å². The van der Waals surface area contributed by atoms with Gasteiger partial charge in [-0.05, 0) is 41.7 Å². The fourth-order valence-electron chi connectivity index (χ4n) is 3.16. The summed E-state index contributed by atoms with van der Waals surface area (Å²) in [6, 6.07) is 14.7. The molecule has 0 aliphatic heterocycles. The van der Waals surface area contributed by atoms with E-state index in [-0.39, 0.29) is 37.2 Å². The van der Waals surface area contributed by atoms with Gasteiger partial charge in [0.15, 0.2) is 0 Å². The van der Waals surface area contributed by atoms with Crippen molar-refractivity contribution < 1.29 is 29.6 Å². The Kier molecular flexibility index (Phi) is 7.58. The van der Waals surface area contributed by atoms with E-state index in [4.69, 9.17) is 9.84 Å². The number of carboxylic acid groups (broad SMARTS) is 1. The van der Waals surface area contributed by atoms with Crippen LogP contribution in [0.4, 0.5) is 0 Å². The van der Waals surface area contributed by atoms with Crippen LogP contribution in [0.15, 0.2) is 48.5 Å². The Morgan fingerprint density at radius 3 is 2.07 bits per heavy atom. The number of aliphatic hydroxyl groups excluding tert-OH is 1. The Morgan fingerprint density at radius 1 is 0.964 bits per heavy atom. The normalized spacial score (nSPS) is 12.9. The molecule has 0 radical (unpaired) electrons. The zero-order chi connectivity index (χ0) is 20.6. The lowest BCUT2D eigenvalue weighted by molar-refractivity contribution is -0.147. The number of phenols is 1. The van der Waals surface area contributed by atoms with Gasteiger partial charge in [0.1, 0.15) is 5.75 Å². The number of hydrogen-bond donors (Lipinski definition) is 3. The van der Waals surface area contributed by atoms with Crippen molar-refractivity contribution in [3.63, 3.8) is 0 Å². The fourth-order valence-corrected chi connectivity index (χ4v) is 3.16. The third-order valence-corrected chi connectivity index (χ3v) is 4.91. The summed E-state index contributed by atoms with van der Waals surface area (Å²) in [5.74, 6) is -1.35. The number of carboxylic acids is 1. The topological polar surface area (TPSA) is 104 Å². The number of benzene rings is 2. The highest BCUT2D eigenvalue weighted by molar-refractivity contribution is 5.76. The second-order valence-electron chi connectivity index (χ2n) is 6.95. The Labute approximate surface area is 164 Å². The largest absolute Gasteiger partial charge is 0.508 e. The zero-order valence-electron chi connectivity index (χ0n) is 15.9. The van der Waals surface area contributed by atoms with Crippen LogP contribution >= 0.6 is 0 Å². The summed E-state index contributed by atoms with van der Waals surface area (Å²) < 4.78 is 5.14. The Morgan fingerprint density at radius 2 is 1.54 bits per heavy atom. The number of ether oxygens (including phenoxy) is 1. The van der Waals surface area contributed by atoms with Gasteiger partial charge in [0.05, 0.1) is 26.1 Å². The van der Waals surface area contributed by atoms with Gasteiger partial charge in [-0.3, -0.25) is 9.59 Å². The monoisotopic (exact) mass is 386 g/mol. The van der Waals surface area contributed by atoms with E-state index in [1.165, 1.54) is 0 Å². The van der Waals surface area contributed by atoms with Crippen molar-refractivity contribution in [1.29, 1.82) is 0 Å². The molecule has 1 unspecified atom stereocenters. The van der Waals surface area contributed by atoms with Crippen molar-refractivity contribution in [2.24, 2.45) is 0 Å². The third-order valence-electron chi connectivity index (χ3n) is 4.91. The van der Waals surface area contributed by atoms with E-state index in [0.29, 0.717) is 12.8 Å². The highest BCUT2D eigenvalue weighted by Crippen LogP contribution is 2.37. The lowest BCUT2D eigenvalue weighted by atomic mass is 9.73. The van der Waals surface area contributed by atoms with Crippen molar-refractivity contribution in [3.05, 3.63) is 65.2 Å². The number of esters is 1. The minimum absolute atomic E-state index is 0.0253. The summed E-state index contributed by atoms with van der Waals surface area (Å²) in [7, 11) is 0. The van der Waals surface area contributed by atoms with Gasteiger partial charge < -0.3 is 20.1 Å². The van der Waals surface area contributed by atoms with Gasteiger partial charge in [0.25, 0.3) is 0 Å². The molecule has 0 saturated carbocycles. The van der Waals surface area contributed by atoms with Crippen molar-refractivity contribution in [3.8, 4) is 5.75 Å². The number of rotatable bonds is 10. The molecule has 6 nitrogen and oxygen atoms in total. The molecule has 0 saturated heterocycles. The molecule has 2 aromatic carbocycles. The van der Waals surface area contributed by atoms with Crippen molar-refractivity contribution in [2.75, 3.05) is 6.61 Å². The summed E-state index contributed by atoms with van der Waals surface area (Å²) >= 11 is 0. The third kappa shape index (κ3) is 5.82. The minimum atomic E-state index is -1.02. The fraction of sp³-hybridized carbons (Fsp3) is 0.364. The average molecular weight is 386 g/mol. The molecule has 0 amide bonds. The van der Waals surface area contributed by atoms with Crippen LogP contribution in [0.1, 0.15) is 49.3 Å². The number of phenolic OH excluding ortho intramolecular Hbond substituents is 1. The summed E-state index contributed by atoms with van der Waals surface area (Å²) in [6.45, 7) is 2.27. The van der Waals surface area contributed by atoms with E-state index >= 15 is 0 Å². The van der Waals surface area contributed by atoms with Crippen LogP contribution < -0.4 is 0 Å². The number of aliphatic hydroxyl groups is 1. The molecule has 0 heterocycles. The summed E-state index contributed by atoms with van der Waals surface area (Å²) in [5.41, 5.74) is 2.51. The van der Waals surface area contributed by atoms with Gasteiger partial charge >= 0.3 is 11.9 Å². The van der Waals surface area contributed by atoms with Gasteiger partial charge in [0.2, 0.25) is 0 Å². The number of carbonyl (C=O) groups excluding carboxylic acids is 1. The zero-order valence-corrected chi connectivity index (χ0v) is 15.9. The first kappa shape index (κ1) is 21.4. The van der Waals surface area contributed by atoms with E-state index in [1.54, 1.807) is 12.1 Å². The molecule has 0 fully saturated rings. The summed E-state index contributed by atoms with van der Waals surface area (Å²) in [4.78, 5) is 22.1.